The molecule has 0 aliphatic rings. The van der Waals surface area contributed by atoms with Crippen LogP contribution in [0.4, 0.5) is 0 Å². The molecule has 29 heavy (non-hydrogen) atoms. The molecule has 2 amide bonds. The maximum Gasteiger partial charge on any atom is 0.262 e. The van der Waals surface area contributed by atoms with Crippen molar-refractivity contribution in [1.29, 1.82) is 0 Å². The Hall–Kier alpha value is -3.17. The van der Waals surface area contributed by atoms with E-state index in [9.17, 15) is 9.59 Å². The molecule has 3 aromatic rings. The number of aromatic nitrogens is 1. The lowest BCUT2D eigenvalue weighted by atomic mass is 10.0. The molecule has 0 unspecified atom stereocenters. The van der Waals surface area contributed by atoms with Crippen LogP contribution in [0.3, 0.4) is 0 Å². The number of rotatable bonds is 7. The number of nitrogens with one attached hydrogen (secondary N) is 5. The van der Waals surface area contributed by atoms with E-state index in [4.69, 9.17) is 12.2 Å². The Kier molecular flexibility index (Phi) is 6.99. The van der Waals surface area contributed by atoms with Crippen LogP contribution in [-0.4, -0.2) is 34.5 Å². The third-order valence-corrected chi connectivity index (χ3v) is 5.29. The van der Waals surface area contributed by atoms with Gasteiger partial charge in [0.15, 0.2) is 5.11 Å². The van der Waals surface area contributed by atoms with Gasteiger partial charge in [-0.1, -0.05) is 30.3 Å². The predicted molar refractivity (Wildman–Crippen MR) is 120 cm³/mol. The first-order valence-corrected chi connectivity index (χ1v) is 10.2. The average molecular weight is 428 g/mol. The Morgan fingerprint density at radius 2 is 2.03 bits per heavy atom. The molecule has 0 radical (unpaired) electrons. The summed E-state index contributed by atoms with van der Waals surface area (Å²) in [6.45, 7) is 4.06. The molecule has 1 atom stereocenters. The summed E-state index contributed by atoms with van der Waals surface area (Å²) in [7, 11) is 0. The number of para-hydroxylation sites is 1. The lowest BCUT2D eigenvalue weighted by molar-refractivity contribution is -0.123. The van der Waals surface area contributed by atoms with Gasteiger partial charge in [-0.2, -0.15) is 0 Å². The molecule has 0 saturated heterocycles. The molecule has 0 aliphatic carbocycles. The zero-order chi connectivity index (χ0) is 20.6. The third kappa shape index (κ3) is 5.43. The highest BCUT2D eigenvalue weighted by Gasteiger charge is 2.23. The molecule has 2 heterocycles. The van der Waals surface area contributed by atoms with Crippen LogP contribution in [0.2, 0.25) is 0 Å². The maximum absolute atomic E-state index is 12.8. The number of carbonyl (C=O) groups excluding carboxylic acids is 2. The van der Waals surface area contributed by atoms with Gasteiger partial charge in [0.05, 0.1) is 4.88 Å². The van der Waals surface area contributed by atoms with Crippen molar-refractivity contribution in [1.82, 2.24) is 26.5 Å². The first-order chi connectivity index (χ1) is 14.1. The fourth-order valence-corrected chi connectivity index (χ4v) is 3.54. The highest BCUT2D eigenvalue weighted by molar-refractivity contribution is 7.80. The molecule has 0 aliphatic heterocycles. The first-order valence-electron chi connectivity index (χ1n) is 8.92. The Labute approximate surface area is 177 Å². The summed E-state index contributed by atoms with van der Waals surface area (Å²) in [6.07, 6.45) is 3.82. The number of thiophene rings is 1. The summed E-state index contributed by atoms with van der Waals surface area (Å²) in [5.74, 6) is -0.699. The minimum atomic E-state index is -0.793. The molecular formula is C20H21N5O2S2. The van der Waals surface area contributed by atoms with E-state index in [1.54, 1.807) is 18.2 Å². The monoisotopic (exact) mass is 427 g/mol. The molecule has 150 valence electrons. The van der Waals surface area contributed by atoms with Gasteiger partial charge >= 0.3 is 0 Å². The number of amides is 2. The molecule has 2 aromatic heterocycles. The van der Waals surface area contributed by atoms with Crippen molar-refractivity contribution in [3.05, 3.63) is 71.1 Å². The van der Waals surface area contributed by atoms with Gasteiger partial charge in [0.25, 0.3) is 11.8 Å². The van der Waals surface area contributed by atoms with Gasteiger partial charge in [-0.05, 0) is 35.3 Å². The molecule has 3 rings (SSSR count). The number of fused-ring (bicyclic) bond motifs is 1. The summed E-state index contributed by atoms with van der Waals surface area (Å²) in [5.41, 5.74) is 7.09. The van der Waals surface area contributed by atoms with Crippen LogP contribution in [0.15, 0.2) is 60.6 Å². The second-order valence-corrected chi connectivity index (χ2v) is 7.54. The molecule has 0 spiro atoms. The normalized spacial score (nSPS) is 11.4. The van der Waals surface area contributed by atoms with Gasteiger partial charge in [0.2, 0.25) is 0 Å². The first kappa shape index (κ1) is 20.6. The quantitative estimate of drug-likeness (QED) is 0.226. The van der Waals surface area contributed by atoms with Crippen LogP contribution in [0.25, 0.3) is 10.9 Å². The Bertz CT molecular complexity index is 1010. The number of H-pyrrole nitrogens is 1. The van der Waals surface area contributed by atoms with Gasteiger partial charge in [0, 0.05) is 30.1 Å². The molecule has 0 saturated carbocycles. The van der Waals surface area contributed by atoms with E-state index in [-0.39, 0.29) is 11.0 Å². The summed E-state index contributed by atoms with van der Waals surface area (Å²) >= 11 is 6.40. The lowest BCUT2D eigenvalue weighted by Gasteiger charge is -2.19. The highest BCUT2D eigenvalue weighted by Crippen LogP contribution is 2.19. The van der Waals surface area contributed by atoms with Crippen molar-refractivity contribution in [3.63, 3.8) is 0 Å². The number of thiocarbonyl (C=S) groups is 1. The van der Waals surface area contributed by atoms with E-state index >= 15 is 0 Å². The molecule has 9 heteroatoms. The van der Waals surface area contributed by atoms with Crippen molar-refractivity contribution in [2.45, 2.75) is 12.5 Å². The second kappa shape index (κ2) is 9.85. The van der Waals surface area contributed by atoms with Gasteiger partial charge in [0.1, 0.15) is 6.04 Å². The number of aromatic amines is 1. The van der Waals surface area contributed by atoms with Crippen LogP contribution in [0.5, 0.6) is 0 Å². The standard InChI is InChI=1S/C20H21N5O2S2/c1-2-9-21-20(28)25-24-18(26)16(23-19(27)17-8-5-10-29-17)11-13-12-22-15-7-4-3-6-14(13)15/h2-8,10,12,16,22H,1,9,11H2,(H,23,27)(H,24,26)(H2,21,25,28)/t16-/m0/s1. The summed E-state index contributed by atoms with van der Waals surface area (Å²) in [5, 5.41) is 8.75. The molecule has 0 bridgehead atoms. The zero-order valence-electron chi connectivity index (χ0n) is 15.5. The third-order valence-electron chi connectivity index (χ3n) is 4.17. The largest absolute Gasteiger partial charge is 0.361 e. The Morgan fingerprint density at radius 1 is 1.21 bits per heavy atom. The Morgan fingerprint density at radius 3 is 2.79 bits per heavy atom. The van der Waals surface area contributed by atoms with Gasteiger partial charge in [-0.25, -0.2) is 0 Å². The predicted octanol–water partition coefficient (Wildman–Crippen LogP) is 2.25. The number of hydrazine groups is 1. The molecule has 0 fully saturated rings. The van der Waals surface area contributed by atoms with E-state index in [1.165, 1.54) is 11.3 Å². The number of hydrogen-bond donors (Lipinski definition) is 5. The van der Waals surface area contributed by atoms with Crippen molar-refractivity contribution >= 4 is 51.4 Å². The second-order valence-electron chi connectivity index (χ2n) is 6.18. The minimum absolute atomic E-state index is 0.258. The molecule has 5 N–H and O–H groups in total. The highest BCUT2D eigenvalue weighted by atomic mass is 32.1. The van der Waals surface area contributed by atoms with E-state index in [0.29, 0.717) is 17.8 Å². The summed E-state index contributed by atoms with van der Waals surface area (Å²) < 4.78 is 0. The van der Waals surface area contributed by atoms with Crippen LogP contribution >= 0.6 is 23.6 Å². The summed E-state index contributed by atoms with van der Waals surface area (Å²) in [6, 6.07) is 10.5. The molecule has 7 nitrogen and oxygen atoms in total. The number of benzene rings is 1. The Balaban J connectivity index is 1.73. The number of hydrogen-bond acceptors (Lipinski definition) is 4. The molecular weight excluding hydrogens is 406 g/mol. The van der Waals surface area contributed by atoms with Crippen LogP contribution < -0.4 is 21.5 Å². The van der Waals surface area contributed by atoms with Crippen LogP contribution in [-0.2, 0) is 11.2 Å². The van der Waals surface area contributed by atoms with E-state index in [1.807, 2.05) is 35.8 Å². The van der Waals surface area contributed by atoms with Crippen LogP contribution in [0.1, 0.15) is 15.2 Å². The zero-order valence-corrected chi connectivity index (χ0v) is 17.2. The summed E-state index contributed by atoms with van der Waals surface area (Å²) in [4.78, 5) is 29.0. The lowest BCUT2D eigenvalue weighted by Crippen LogP contribution is -2.54. The van der Waals surface area contributed by atoms with E-state index in [2.05, 4.69) is 33.0 Å². The van der Waals surface area contributed by atoms with E-state index < -0.39 is 11.9 Å². The molecule has 1 aromatic carbocycles. The van der Waals surface area contributed by atoms with Gasteiger partial charge < -0.3 is 15.6 Å². The van der Waals surface area contributed by atoms with Crippen molar-refractivity contribution in [3.8, 4) is 0 Å². The van der Waals surface area contributed by atoms with Crippen LogP contribution in [0, 0.1) is 0 Å². The SMILES string of the molecule is C=CCNC(=S)NNC(=O)[C@H](Cc1c[nH]c2ccccc12)NC(=O)c1cccs1. The number of carbonyl (C=O) groups is 2. The van der Waals surface area contributed by atoms with E-state index in [0.717, 1.165) is 16.5 Å². The maximum atomic E-state index is 12.8. The fourth-order valence-electron chi connectivity index (χ4n) is 2.78. The topological polar surface area (TPSA) is 98.0 Å². The van der Waals surface area contributed by atoms with Gasteiger partial charge in [-0.3, -0.25) is 20.4 Å². The van der Waals surface area contributed by atoms with Crippen molar-refractivity contribution < 1.29 is 9.59 Å². The average Bonchev–Trinajstić information content (AvgIpc) is 3.40. The van der Waals surface area contributed by atoms with Gasteiger partial charge in [-0.15, -0.1) is 17.9 Å². The van der Waals surface area contributed by atoms with Crippen molar-refractivity contribution in [2.24, 2.45) is 0 Å². The smallest absolute Gasteiger partial charge is 0.262 e. The van der Waals surface area contributed by atoms with Crippen molar-refractivity contribution in [2.75, 3.05) is 6.54 Å². The fraction of sp³-hybridized carbons (Fsp3) is 0.150. The minimum Gasteiger partial charge on any atom is -0.361 e.